The first kappa shape index (κ1) is 6.31. The van der Waals surface area contributed by atoms with E-state index in [9.17, 15) is 4.79 Å². The maximum Gasteiger partial charge on any atom is 0.136 e. The Bertz CT molecular complexity index is 141. The summed E-state index contributed by atoms with van der Waals surface area (Å²) in [4.78, 5) is 10.0. The van der Waals surface area contributed by atoms with Crippen molar-refractivity contribution >= 4 is 6.29 Å². The van der Waals surface area contributed by atoms with E-state index in [4.69, 9.17) is 6.42 Å². The Morgan fingerprint density at radius 1 is 1.89 bits per heavy atom. The van der Waals surface area contributed by atoms with Crippen LogP contribution in [0.5, 0.6) is 0 Å². The van der Waals surface area contributed by atoms with Crippen LogP contribution >= 0.6 is 0 Å². The van der Waals surface area contributed by atoms with E-state index in [1.807, 2.05) is 0 Å². The lowest BCUT2D eigenvalue weighted by Crippen LogP contribution is -2.52. The van der Waals surface area contributed by atoms with Gasteiger partial charge in [0.1, 0.15) is 6.29 Å². The van der Waals surface area contributed by atoms with E-state index in [-0.39, 0.29) is 6.04 Å². The summed E-state index contributed by atoms with van der Waals surface area (Å²) >= 11 is 0. The minimum atomic E-state index is 0.0725. The number of carbonyl (C=O) groups excluding carboxylic acids is 1. The Labute approximate surface area is 54.6 Å². The van der Waals surface area contributed by atoms with Gasteiger partial charge in [-0.15, -0.1) is 12.3 Å². The second-order valence-corrected chi connectivity index (χ2v) is 2.25. The van der Waals surface area contributed by atoms with Crippen LogP contribution in [0.1, 0.15) is 12.8 Å². The number of hydrogen-bond acceptors (Lipinski definition) is 2. The van der Waals surface area contributed by atoms with Crippen LogP contribution in [0.2, 0.25) is 0 Å². The van der Waals surface area contributed by atoms with E-state index < -0.39 is 0 Å². The first-order valence-electron chi connectivity index (χ1n) is 3.01. The second-order valence-electron chi connectivity index (χ2n) is 2.25. The molecule has 2 nitrogen and oxygen atoms in total. The van der Waals surface area contributed by atoms with Crippen LogP contribution in [-0.2, 0) is 4.79 Å². The predicted octanol–water partition coefficient (Wildman–Crippen LogP) is -0.0609. The first-order chi connectivity index (χ1) is 4.36. The summed E-state index contributed by atoms with van der Waals surface area (Å²) < 4.78 is 0. The highest BCUT2D eigenvalue weighted by Crippen LogP contribution is 2.11. The largest absolute Gasteiger partial charge is 0.304 e. The SMILES string of the molecule is C#CCC1CC(C=O)N1. The summed E-state index contributed by atoms with van der Waals surface area (Å²) in [6.07, 6.45) is 7.62. The van der Waals surface area contributed by atoms with Gasteiger partial charge in [0.2, 0.25) is 0 Å². The average molecular weight is 123 g/mol. The number of rotatable bonds is 2. The lowest BCUT2D eigenvalue weighted by molar-refractivity contribution is -0.111. The standard InChI is InChI=1S/C7H9NO/c1-2-3-6-4-7(5-9)8-6/h1,5-8H,3-4H2. The zero-order valence-electron chi connectivity index (χ0n) is 5.13. The lowest BCUT2D eigenvalue weighted by Gasteiger charge is -2.32. The van der Waals surface area contributed by atoms with Crippen LogP contribution in [0.4, 0.5) is 0 Å². The van der Waals surface area contributed by atoms with Crippen LogP contribution in [0.15, 0.2) is 0 Å². The predicted molar refractivity (Wildman–Crippen MR) is 34.8 cm³/mol. The third-order valence-electron chi connectivity index (χ3n) is 1.52. The molecule has 0 aliphatic carbocycles. The summed E-state index contributed by atoms with van der Waals surface area (Å²) in [7, 11) is 0. The van der Waals surface area contributed by atoms with Crippen LogP contribution in [0, 0.1) is 12.3 Å². The molecule has 2 atom stereocenters. The maximum atomic E-state index is 10.0. The third-order valence-corrected chi connectivity index (χ3v) is 1.52. The fourth-order valence-electron chi connectivity index (χ4n) is 0.964. The van der Waals surface area contributed by atoms with Crippen LogP contribution in [-0.4, -0.2) is 18.4 Å². The first-order valence-corrected chi connectivity index (χ1v) is 3.01. The molecule has 1 fully saturated rings. The van der Waals surface area contributed by atoms with Crippen molar-refractivity contribution in [2.45, 2.75) is 24.9 Å². The molecule has 1 aliphatic heterocycles. The van der Waals surface area contributed by atoms with E-state index >= 15 is 0 Å². The Morgan fingerprint density at radius 2 is 2.56 bits per heavy atom. The fraction of sp³-hybridized carbons (Fsp3) is 0.571. The van der Waals surface area contributed by atoms with Crippen molar-refractivity contribution in [3.8, 4) is 12.3 Å². The zero-order chi connectivity index (χ0) is 6.69. The minimum absolute atomic E-state index is 0.0725. The molecule has 0 aromatic carbocycles. The molecule has 48 valence electrons. The summed E-state index contributed by atoms with van der Waals surface area (Å²) in [5.74, 6) is 2.54. The molecule has 0 aromatic rings. The molecule has 0 spiro atoms. The van der Waals surface area contributed by atoms with Gasteiger partial charge < -0.3 is 10.1 Å². The van der Waals surface area contributed by atoms with Crippen LogP contribution in [0.3, 0.4) is 0 Å². The van der Waals surface area contributed by atoms with Gasteiger partial charge in [0.05, 0.1) is 6.04 Å². The second kappa shape index (κ2) is 2.65. The Kier molecular flexibility index (Phi) is 1.86. The summed E-state index contributed by atoms with van der Waals surface area (Å²) in [6, 6.07) is 0.466. The van der Waals surface area contributed by atoms with E-state index in [0.717, 1.165) is 19.1 Å². The molecule has 0 radical (unpaired) electrons. The zero-order valence-corrected chi connectivity index (χ0v) is 5.13. The Hall–Kier alpha value is -0.810. The lowest BCUT2D eigenvalue weighted by atomic mass is 9.96. The fourth-order valence-corrected chi connectivity index (χ4v) is 0.964. The van der Waals surface area contributed by atoms with Crippen LogP contribution in [0.25, 0.3) is 0 Å². The number of nitrogens with one attached hydrogen (secondary N) is 1. The molecule has 0 saturated carbocycles. The molecule has 0 amide bonds. The number of carbonyl (C=O) groups is 1. The normalized spacial score (nSPS) is 32.3. The molecule has 1 aliphatic rings. The molecule has 1 saturated heterocycles. The molecule has 0 aromatic heterocycles. The Balaban J connectivity index is 2.13. The van der Waals surface area contributed by atoms with Crippen molar-refractivity contribution in [3.63, 3.8) is 0 Å². The molecular formula is C7H9NO. The molecule has 9 heavy (non-hydrogen) atoms. The smallest absolute Gasteiger partial charge is 0.136 e. The molecule has 2 unspecified atom stereocenters. The maximum absolute atomic E-state index is 10.0. The molecule has 0 bridgehead atoms. The van der Waals surface area contributed by atoms with Crippen LogP contribution < -0.4 is 5.32 Å². The van der Waals surface area contributed by atoms with Gasteiger partial charge in [0.15, 0.2) is 0 Å². The number of hydrogen-bond donors (Lipinski definition) is 1. The van der Waals surface area contributed by atoms with E-state index in [0.29, 0.717) is 6.04 Å². The van der Waals surface area contributed by atoms with Gasteiger partial charge in [-0.25, -0.2) is 0 Å². The van der Waals surface area contributed by atoms with E-state index in [1.54, 1.807) is 0 Å². The topological polar surface area (TPSA) is 29.1 Å². The van der Waals surface area contributed by atoms with Crippen molar-refractivity contribution in [1.29, 1.82) is 0 Å². The highest BCUT2D eigenvalue weighted by Gasteiger charge is 2.25. The van der Waals surface area contributed by atoms with Gasteiger partial charge in [-0.2, -0.15) is 0 Å². The summed E-state index contributed by atoms with van der Waals surface area (Å²) in [5, 5.41) is 3.02. The Morgan fingerprint density at radius 3 is 3.00 bits per heavy atom. The van der Waals surface area contributed by atoms with Gasteiger partial charge in [0.25, 0.3) is 0 Å². The van der Waals surface area contributed by atoms with Crippen molar-refractivity contribution in [3.05, 3.63) is 0 Å². The summed E-state index contributed by atoms with van der Waals surface area (Å²) in [6.45, 7) is 0. The van der Waals surface area contributed by atoms with Gasteiger partial charge in [-0.3, -0.25) is 0 Å². The van der Waals surface area contributed by atoms with Crippen molar-refractivity contribution in [2.24, 2.45) is 0 Å². The summed E-state index contributed by atoms with van der Waals surface area (Å²) in [5.41, 5.74) is 0. The molecule has 1 N–H and O–H groups in total. The molecular weight excluding hydrogens is 114 g/mol. The van der Waals surface area contributed by atoms with Crippen molar-refractivity contribution < 1.29 is 4.79 Å². The van der Waals surface area contributed by atoms with Crippen molar-refractivity contribution in [1.82, 2.24) is 5.32 Å². The number of aldehydes is 1. The molecule has 2 heteroatoms. The minimum Gasteiger partial charge on any atom is -0.304 e. The van der Waals surface area contributed by atoms with Gasteiger partial charge in [0, 0.05) is 12.5 Å². The van der Waals surface area contributed by atoms with Gasteiger partial charge >= 0.3 is 0 Å². The quantitative estimate of drug-likeness (QED) is 0.411. The molecule has 1 rings (SSSR count). The van der Waals surface area contributed by atoms with Gasteiger partial charge in [-0.05, 0) is 6.42 Å². The number of terminal acetylenes is 1. The highest BCUT2D eigenvalue weighted by molar-refractivity contribution is 5.59. The van der Waals surface area contributed by atoms with Gasteiger partial charge in [-0.1, -0.05) is 0 Å². The van der Waals surface area contributed by atoms with Crippen molar-refractivity contribution in [2.75, 3.05) is 0 Å². The monoisotopic (exact) mass is 123 g/mol. The van der Waals surface area contributed by atoms with E-state index in [1.165, 1.54) is 0 Å². The van der Waals surface area contributed by atoms with E-state index in [2.05, 4.69) is 11.2 Å². The average Bonchev–Trinajstić information content (AvgIpc) is 1.77. The third kappa shape index (κ3) is 1.30. The highest BCUT2D eigenvalue weighted by atomic mass is 16.1. The molecule has 1 heterocycles.